The minimum absolute atomic E-state index is 0.508. The predicted molar refractivity (Wildman–Crippen MR) is 72.0 cm³/mol. The number of hydrogen-bond donors (Lipinski definition) is 0. The van der Waals surface area contributed by atoms with Crippen LogP contribution in [0.1, 0.15) is 17.0 Å². The van der Waals surface area contributed by atoms with Crippen LogP contribution in [-0.4, -0.2) is 15.9 Å². The van der Waals surface area contributed by atoms with Crippen LogP contribution >= 0.6 is 15.9 Å². The molecule has 0 aliphatic rings. The van der Waals surface area contributed by atoms with Crippen LogP contribution in [-0.2, 0) is 0 Å². The minimum atomic E-state index is -0.508. The Labute approximate surface area is 114 Å². The lowest BCUT2D eigenvalue weighted by molar-refractivity contribution is 0.198. The van der Waals surface area contributed by atoms with Crippen LogP contribution in [0, 0.1) is 20.8 Å². The van der Waals surface area contributed by atoms with Gasteiger partial charge in [-0.1, -0.05) is 12.1 Å². The maximum Gasteiger partial charge on any atom is 0.440 e. The van der Waals surface area contributed by atoms with Crippen molar-refractivity contribution in [2.75, 3.05) is 0 Å². The summed E-state index contributed by atoms with van der Waals surface area (Å²) in [6.45, 7) is 5.58. The Hall–Kier alpha value is -1.62. The van der Waals surface area contributed by atoms with Crippen molar-refractivity contribution in [2.24, 2.45) is 0 Å². The average Bonchev–Trinajstić information content (AvgIpc) is 2.57. The monoisotopic (exact) mass is 308 g/mol. The van der Waals surface area contributed by atoms with Crippen LogP contribution in [0.25, 0.3) is 0 Å². The fraction of sp³-hybridized carbons (Fsp3) is 0.231. The summed E-state index contributed by atoms with van der Waals surface area (Å²) >= 11 is 3.37. The van der Waals surface area contributed by atoms with Gasteiger partial charge >= 0.3 is 6.09 Å². The first kappa shape index (κ1) is 12.8. The molecule has 0 spiro atoms. The lowest BCUT2D eigenvalue weighted by Gasteiger charge is -2.05. The Morgan fingerprint density at radius 3 is 2.61 bits per heavy atom. The third-order valence-electron chi connectivity index (χ3n) is 2.57. The van der Waals surface area contributed by atoms with E-state index in [-0.39, 0.29) is 0 Å². The molecule has 18 heavy (non-hydrogen) atoms. The average molecular weight is 309 g/mol. The van der Waals surface area contributed by atoms with Gasteiger partial charge in [0.2, 0.25) is 0 Å². The molecule has 0 fully saturated rings. The van der Waals surface area contributed by atoms with E-state index in [0.717, 1.165) is 21.4 Å². The van der Waals surface area contributed by atoms with Crippen molar-refractivity contribution in [2.45, 2.75) is 20.8 Å². The van der Waals surface area contributed by atoms with Gasteiger partial charge in [-0.15, -0.1) is 0 Å². The molecule has 0 aliphatic carbocycles. The van der Waals surface area contributed by atoms with Gasteiger partial charge in [0.25, 0.3) is 0 Å². The zero-order valence-corrected chi connectivity index (χ0v) is 12.0. The zero-order chi connectivity index (χ0) is 13.3. The third kappa shape index (κ3) is 2.46. The zero-order valence-electron chi connectivity index (χ0n) is 10.4. The maximum absolute atomic E-state index is 12.0. The van der Waals surface area contributed by atoms with E-state index in [9.17, 15) is 4.79 Å². The topological polar surface area (TPSA) is 44.1 Å². The summed E-state index contributed by atoms with van der Waals surface area (Å²) in [5.74, 6) is 0.517. The number of nitrogens with zero attached hydrogens (tertiary/aromatic N) is 2. The highest BCUT2D eigenvalue weighted by molar-refractivity contribution is 9.10. The van der Waals surface area contributed by atoms with Crippen LogP contribution < -0.4 is 4.74 Å². The molecule has 0 aliphatic heterocycles. The molecule has 0 bridgehead atoms. The van der Waals surface area contributed by atoms with Gasteiger partial charge in [0, 0.05) is 0 Å². The first-order valence-electron chi connectivity index (χ1n) is 5.49. The van der Waals surface area contributed by atoms with Crippen molar-refractivity contribution >= 4 is 22.0 Å². The van der Waals surface area contributed by atoms with Crippen molar-refractivity contribution in [3.8, 4) is 5.75 Å². The largest absolute Gasteiger partial charge is 0.440 e. The van der Waals surface area contributed by atoms with E-state index < -0.39 is 6.09 Å². The molecule has 0 unspecified atom stereocenters. The standard InChI is InChI=1S/C13H13BrN2O2/c1-8-5-4-6-11(7-8)18-13(17)16-10(3)12(14)9(2)15-16/h4-7H,1-3H3. The van der Waals surface area contributed by atoms with Crippen molar-refractivity contribution < 1.29 is 9.53 Å². The van der Waals surface area contributed by atoms with Crippen LogP contribution in [0.5, 0.6) is 5.75 Å². The molecule has 1 aromatic carbocycles. The Bertz CT molecular complexity index is 605. The molecule has 0 saturated heterocycles. The number of aryl methyl sites for hydroxylation is 2. The third-order valence-corrected chi connectivity index (χ3v) is 3.72. The van der Waals surface area contributed by atoms with E-state index in [4.69, 9.17) is 4.74 Å². The lowest BCUT2D eigenvalue weighted by atomic mass is 10.2. The van der Waals surface area contributed by atoms with Gasteiger partial charge < -0.3 is 4.74 Å². The molecule has 5 heteroatoms. The number of aromatic nitrogens is 2. The van der Waals surface area contributed by atoms with E-state index in [1.54, 1.807) is 12.1 Å². The second-order valence-electron chi connectivity index (χ2n) is 4.08. The quantitative estimate of drug-likeness (QED) is 0.808. The van der Waals surface area contributed by atoms with Crippen LogP contribution in [0.3, 0.4) is 0 Å². The van der Waals surface area contributed by atoms with E-state index in [2.05, 4.69) is 21.0 Å². The second-order valence-corrected chi connectivity index (χ2v) is 4.87. The van der Waals surface area contributed by atoms with Crippen LogP contribution in [0.4, 0.5) is 4.79 Å². The summed E-state index contributed by atoms with van der Waals surface area (Å²) in [7, 11) is 0. The van der Waals surface area contributed by atoms with Gasteiger partial charge in [-0.3, -0.25) is 0 Å². The molecule has 0 saturated carbocycles. The summed E-state index contributed by atoms with van der Waals surface area (Å²) < 4.78 is 7.35. The number of carbonyl (C=O) groups excluding carboxylic acids is 1. The number of rotatable bonds is 1. The van der Waals surface area contributed by atoms with Gasteiger partial charge in [0.15, 0.2) is 0 Å². The van der Waals surface area contributed by atoms with Gasteiger partial charge in [-0.05, 0) is 54.4 Å². The maximum atomic E-state index is 12.0. The molecule has 4 nitrogen and oxygen atoms in total. The molecule has 1 aromatic heterocycles. The molecule has 1 heterocycles. The fourth-order valence-corrected chi connectivity index (χ4v) is 1.87. The summed E-state index contributed by atoms with van der Waals surface area (Å²) in [6.07, 6.45) is -0.508. The Morgan fingerprint density at radius 1 is 1.33 bits per heavy atom. The number of ether oxygens (including phenoxy) is 1. The molecule has 2 rings (SSSR count). The van der Waals surface area contributed by atoms with Crippen molar-refractivity contribution in [1.29, 1.82) is 0 Å². The van der Waals surface area contributed by atoms with Gasteiger partial charge in [-0.2, -0.15) is 9.78 Å². The SMILES string of the molecule is Cc1cccc(OC(=O)n2nc(C)c(Br)c2C)c1. The number of halogens is 1. The first-order chi connectivity index (χ1) is 8.49. The van der Waals surface area contributed by atoms with E-state index >= 15 is 0 Å². The summed E-state index contributed by atoms with van der Waals surface area (Å²) in [4.78, 5) is 12.0. The van der Waals surface area contributed by atoms with Crippen LogP contribution in [0.2, 0.25) is 0 Å². The Balaban J connectivity index is 2.25. The lowest BCUT2D eigenvalue weighted by Crippen LogP contribution is -2.19. The van der Waals surface area contributed by atoms with E-state index in [1.807, 2.05) is 32.9 Å². The van der Waals surface area contributed by atoms with Gasteiger partial charge in [-0.25, -0.2) is 4.79 Å². The highest BCUT2D eigenvalue weighted by Crippen LogP contribution is 2.20. The minimum Gasteiger partial charge on any atom is -0.409 e. The molecule has 0 N–H and O–H groups in total. The van der Waals surface area contributed by atoms with Gasteiger partial charge in [0.05, 0.1) is 15.9 Å². The van der Waals surface area contributed by atoms with Gasteiger partial charge in [0.1, 0.15) is 5.75 Å². The highest BCUT2D eigenvalue weighted by Gasteiger charge is 2.16. The summed E-state index contributed by atoms with van der Waals surface area (Å²) in [5.41, 5.74) is 2.52. The van der Waals surface area contributed by atoms with Crippen LogP contribution in [0.15, 0.2) is 28.7 Å². The highest BCUT2D eigenvalue weighted by atomic mass is 79.9. The van der Waals surface area contributed by atoms with Crippen molar-refractivity contribution in [3.05, 3.63) is 45.7 Å². The normalized spacial score (nSPS) is 10.4. The van der Waals surface area contributed by atoms with E-state index in [0.29, 0.717) is 5.75 Å². The number of hydrogen-bond acceptors (Lipinski definition) is 3. The summed E-state index contributed by atoms with van der Waals surface area (Å²) in [5, 5.41) is 4.12. The molecule has 0 amide bonds. The van der Waals surface area contributed by atoms with Crippen molar-refractivity contribution in [1.82, 2.24) is 9.78 Å². The molecular formula is C13H13BrN2O2. The number of carbonyl (C=O) groups is 1. The number of benzene rings is 1. The Morgan fingerprint density at radius 2 is 2.06 bits per heavy atom. The molecular weight excluding hydrogens is 296 g/mol. The second kappa shape index (κ2) is 4.94. The summed E-state index contributed by atoms with van der Waals surface area (Å²) in [6, 6.07) is 7.33. The molecule has 0 atom stereocenters. The molecule has 94 valence electrons. The molecule has 0 radical (unpaired) electrons. The molecule has 2 aromatic rings. The smallest absolute Gasteiger partial charge is 0.409 e. The van der Waals surface area contributed by atoms with Crippen molar-refractivity contribution in [3.63, 3.8) is 0 Å². The van der Waals surface area contributed by atoms with E-state index in [1.165, 1.54) is 4.68 Å². The Kier molecular flexibility index (Phi) is 3.52. The fourth-order valence-electron chi connectivity index (χ4n) is 1.62. The first-order valence-corrected chi connectivity index (χ1v) is 6.29. The predicted octanol–water partition coefficient (Wildman–Crippen LogP) is 3.62.